The quantitative estimate of drug-likeness (QED) is 0.866. The van der Waals surface area contributed by atoms with Gasteiger partial charge in [0.05, 0.1) is 0 Å². The van der Waals surface area contributed by atoms with Crippen LogP contribution in [0.25, 0.3) is 0 Å². The summed E-state index contributed by atoms with van der Waals surface area (Å²) in [4.78, 5) is 16.6. The Bertz CT molecular complexity index is 600. The molecule has 1 aromatic heterocycles. The van der Waals surface area contributed by atoms with Crippen LogP contribution in [-0.2, 0) is 0 Å². The van der Waals surface area contributed by atoms with Crippen molar-refractivity contribution in [3.63, 3.8) is 0 Å². The van der Waals surface area contributed by atoms with Crippen molar-refractivity contribution in [2.45, 2.75) is 13.8 Å². The van der Waals surface area contributed by atoms with Crippen molar-refractivity contribution in [1.82, 2.24) is 15.0 Å². The average molecular weight is 292 g/mol. The highest BCUT2D eigenvalue weighted by Gasteiger charge is 2.14. The van der Waals surface area contributed by atoms with E-state index in [2.05, 4.69) is 40.9 Å². The van der Waals surface area contributed by atoms with E-state index in [0.29, 0.717) is 11.9 Å². The summed E-state index contributed by atoms with van der Waals surface area (Å²) in [6.45, 7) is 4.86. The molecule has 1 heterocycles. The van der Waals surface area contributed by atoms with Crippen LogP contribution in [0.2, 0.25) is 5.28 Å². The van der Waals surface area contributed by atoms with E-state index in [9.17, 15) is 0 Å². The summed E-state index contributed by atoms with van der Waals surface area (Å²) in [6, 6.07) is 8.20. The molecule has 0 atom stereocenters. The Morgan fingerprint density at radius 1 is 1.10 bits per heavy atom. The molecule has 0 N–H and O–H groups in total. The Morgan fingerprint density at radius 3 is 2.40 bits per heavy atom. The predicted molar refractivity (Wildman–Crippen MR) is 83.0 cm³/mol. The Kier molecular flexibility index (Phi) is 4.39. The molecule has 0 spiro atoms. The van der Waals surface area contributed by atoms with Gasteiger partial charge in [0.25, 0.3) is 0 Å². The molecule has 0 bridgehead atoms. The maximum Gasteiger partial charge on any atom is 0.236 e. The largest absolute Gasteiger partial charge is 0.347 e. The smallest absolute Gasteiger partial charge is 0.236 e. The number of halogens is 1. The van der Waals surface area contributed by atoms with Crippen LogP contribution in [0.1, 0.15) is 12.5 Å². The molecule has 0 aliphatic heterocycles. The molecule has 0 amide bonds. The van der Waals surface area contributed by atoms with Crippen molar-refractivity contribution in [1.29, 1.82) is 0 Å². The first-order valence-electron chi connectivity index (χ1n) is 6.44. The predicted octanol–water partition coefficient (Wildman–Crippen LogP) is 3.06. The molecule has 2 aromatic rings. The van der Waals surface area contributed by atoms with Gasteiger partial charge in [-0.2, -0.15) is 15.0 Å². The number of aryl methyl sites for hydroxylation is 1. The molecule has 0 saturated heterocycles. The molecule has 0 fully saturated rings. The van der Waals surface area contributed by atoms with Gasteiger partial charge >= 0.3 is 0 Å². The van der Waals surface area contributed by atoms with Crippen molar-refractivity contribution in [3.05, 3.63) is 35.1 Å². The van der Waals surface area contributed by atoms with Crippen LogP contribution < -0.4 is 9.80 Å². The average Bonchev–Trinajstić information content (AvgIpc) is 2.39. The number of anilines is 3. The monoisotopic (exact) mass is 291 g/mol. The summed E-state index contributed by atoms with van der Waals surface area (Å²) in [7, 11) is 3.75. The first-order valence-corrected chi connectivity index (χ1v) is 6.82. The number of nitrogens with zero attached hydrogens (tertiary/aromatic N) is 5. The van der Waals surface area contributed by atoms with Gasteiger partial charge in [-0.3, -0.25) is 0 Å². The maximum absolute atomic E-state index is 6.00. The Morgan fingerprint density at radius 2 is 1.80 bits per heavy atom. The third-order valence-electron chi connectivity index (χ3n) is 2.86. The number of hydrogen-bond acceptors (Lipinski definition) is 5. The lowest BCUT2D eigenvalue weighted by Gasteiger charge is -2.22. The second-order valence-corrected chi connectivity index (χ2v) is 5.02. The van der Waals surface area contributed by atoms with Gasteiger partial charge in [0.2, 0.25) is 17.2 Å². The Balaban J connectivity index is 2.46. The Hall–Kier alpha value is -1.88. The first kappa shape index (κ1) is 14.5. The van der Waals surface area contributed by atoms with Crippen LogP contribution in [0, 0.1) is 6.92 Å². The van der Waals surface area contributed by atoms with Gasteiger partial charge < -0.3 is 9.80 Å². The van der Waals surface area contributed by atoms with E-state index in [4.69, 9.17) is 11.6 Å². The van der Waals surface area contributed by atoms with E-state index in [1.807, 2.05) is 31.1 Å². The maximum atomic E-state index is 6.00. The molecule has 2 rings (SSSR count). The lowest BCUT2D eigenvalue weighted by atomic mass is 10.2. The van der Waals surface area contributed by atoms with Crippen molar-refractivity contribution >= 4 is 29.2 Å². The van der Waals surface area contributed by atoms with Crippen LogP contribution in [0.4, 0.5) is 17.6 Å². The number of hydrogen-bond donors (Lipinski definition) is 0. The lowest BCUT2D eigenvalue weighted by Crippen LogP contribution is -2.22. The van der Waals surface area contributed by atoms with Crippen LogP contribution in [0.5, 0.6) is 0 Å². The normalized spacial score (nSPS) is 10.4. The fourth-order valence-corrected chi connectivity index (χ4v) is 2.04. The van der Waals surface area contributed by atoms with Gasteiger partial charge in [0.15, 0.2) is 0 Å². The van der Waals surface area contributed by atoms with E-state index in [1.165, 1.54) is 5.56 Å². The van der Waals surface area contributed by atoms with Crippen LogP contribution in [0.3, 0.4) is 0 Å². The van der Waals surface area contributed by atoms with Crippen LogP contribution in [-0.4, -0.2) is 35.6 Å². The highest BCUT2D eigenvalue weighted by atomic mass is 35.5. The molecule has 0 aliphatic rings. The highest BCUT2D eigenvalue weighted by molar-refractivity contribution is 6.28. The zero-order valence-corrected chi connectivity index (χ0v) is 12.9. The van der Waals surface area contributed by atoms with Crippen molar-refractivity contribution in [3.8, 4) is 0 Å². The molecule has 0 aliphatic carbocycles. The number of benzene rings is 1. The van der Waals surface area contributed by atoms with Gasteiger partial charge in [0.1, 0.15) is 0 Å². The van der Waals surface area contributed by atoms with E-state index < -0.39 is 0 Å². The molecule has 106 valence electrons. The van der Waals surface area contributed by atoms with Gasteiger partial charge in [-0.15, -0.1) is 0 Å². The van der Waals surface area contributed by atoms with Crippen molar-refractivity contribution in [2.24, 2.45) is 0 Å². The highest BCUT2D eigenvalue weighted by Crippen LogP contribution is 2.24. The minimum Gasteiger partial charge on any atom is -0.347 e. The first-order chi connectivity index (χ1) is 9.51. The molecule has 5 nitrogen and oxygen atoms in total. The summed E-state index contributed by atoms with van der Waals surface area (Å²) in [5, 5.41) is 0.199. The zero-order chi connectivity index (χ0) is 14.7. The topological polar surface area (TPSA) is 45.2 Å². The zero-order valence-electron chi connectivity index (χ0n) is 12.1. The summed E-state index contributed by atoms with van der Waals surface area (Å²) in [5.74, 6) is 1.10. The molecule has 0 radical (unpaired) electrons. The molecule has 0 saturated carbocycles. The van der Waals surface area contributed by atoms with E-state index in [-0.39, 0.29) is 5.28 Å². The fourth-order valence-electron chi connectivity index (χ4n) is 1.89. The van der Waals surface area contributed by atoms with Crippen LogP contribution >= 0.6 is 11.6 Å². The minimum absolute atomic E-state index is 0.199. The molecule has 20 heavy (non-hydrogen) atoms. The van der Waals surface area contributed by atoms with Gasteiger partial charge in [-0.05, 0) is 43.1 Å². The summed E-state index contributed by atoms with van der Waals surface area (Å²) in [5.41, 5.74) is 2.23. The van der Waals surface area contributed by atoms with E-state index in [1.54, 1.807) is 4.90 Å². The second kappa shape index (κ2) is 6.05. The third-order valence-corrected chi connectivity index (χ3v) is 3.02. The van der Waals surface area contributed by atoms with Crippen molar-refractivity contribution in [2.75, 3.05) is 30.4 Å². The number of rotatable bonds is 4. The van der Waals surface area contributed by atoms with E-state index in [0.717, 1.165) is 12.2 Å². The third kappa shape index (κ3) is 3.17. The standard InChI is InChI=1S/C14H18ClN5/c1-5-20(11-8-6-7-10(2)9-11)14-17-12(15)16-13(18-14)19(3)4/h6-9H,5H2,1-4H3. The number of aromatic nitrogens is 3. The van der Waals surface area contributed by atoms with Crippen molar-refractivity contribution < 1.29 is 0 Å². The van der Waals surface area contributed by atoms with E-state index >= 15 is 0 Å². The fraction of sp³-hybridized carbons (Fsp3) is 0.357. The Labute approximate surface area is 124 Å². The minimum atomic E-state index is 0.199. The SMILES string of the molecule is CCN(c1cccc(C)c1)c1nc(Cl)nc(N(C)C)n1. The molecule has 6 heteroatoms. The van der Waals surface area contributed by atoms with Crippen LogP contribution in [0.15, 0.2) is 24.3 Å². The van der Waals surface area contributed by atoms with Gasteiger partial charge in [-0.1, -0.05) is 12.1 Å². The second-order valence-electron chi connectivity index (χ2n) is 4.68. The molecule has 1 aromatic carbocycles. The summed E-state index contributed by atoms with van der Waals surface area (Å²) < 4.78 is 0. The lowest BCUT2D eigenvalue weighted by molar-refractivity contribution is 0.895. The molecular formula is C14H18ClN5. The van der Waals surface area contributed by atoms with Gasteiger partial charge in [0, 0.05) is 26.3 Å². The molecular weight excluding hydrogens is 274 g/mol. The summed E-state index contributed by atoms with van der Waals surface area (Å²) >= 11 is 6.00. The summed E-state index contributed by atoms with van der Waals surface area (Å²) in [6.07, 6.45) is 0. The van der Waals surface area contributed by atoms with Gasteiger partial charge in [-0.25, -0.2) is 0 Å². The molecule has 0 unspecified atom stereocenters.